The van der Waals surface area contributed by atoms with Crippen LogP contribution in [0.5, 0.6) is 5.75 Å². The summed E-state index contributed by atoms with van der Waals surface area (Å²) in [5.74, 6) is 0.321. The molecule has 1 fully saturated rings. The second-order valence-electron chi connectivity index (χ2n) is 7.46. The molecule has 2 N–H and O–H groups in total. The summed E-state index contributed by atoms with van der Waals surface area (Å²) in [4.78, 5) is 17.0. The van der Waals surface area contributed by atoms with Crippen molar-refractivity contribution < 1.29 is 9.90 Å². The van der Waals surface area contributed by atoms with E-state index >= 15 is 0 Å². The summed E-state index contributed by atoms with van der Waals surface area (Å²) in [5.41, 5.74) is 1.13. The smallest absolute Gasteiger partial charge is 0.318 e. The Morgan fingerprint density at radius 1 is 1.31 bits per heavy atom. The van der Waals surface area contributed by atoms with Crippen molar-refractivity contribution >= 4 is 6.03 Å². The minimum atomic E-state index is 0.0857. The van der Waals surface area contributed by atoms with Gasteiger partial charge in [-0.05, 0) is 37.0 Å². The monoisotopic (exact) mass is 357 g/mol. The molecule has 0 saturated carbocycles. The molecule has 1 atom stereocenters. The average molecular weight is 357 g/mol. The second-order valence-corrected chi connectivity index (χ2v) is 7.46. The topological polar surface area (TPSA) is 55.8 Å². The Hall–Kier alpha value is -2.01. The number of amides is 2. The van der Waals surface area contributed by atoms with Crippen LogP contribution in [0.25, 0.3) is 0 Å². The number of rotatable bonds is 6. The van der Waals surface area contributed by atoms with Crippen LogP contribution < -0.4 is 5.32 Å². The molecular formula is C21H31N3O2. The number of unbranched alkanes of at least 4 members (excludes halogenated alkanes) is 1. The van der Waals surface area contributed by atoms with Crippen molar-refractivity contribution in [3.05, 3.63) is 42.0 Å². The molecule has 3 rings (SSSR count). The molecule has 0 bridgehead atoms. The van der Waals surface area contributed by atoms with Crippen LogP contribution in [0, 0.1) is 0 Å². The number of urea groups is 1. The predicted molar refractivity (Wildman–Crippen MR) is 104 cm³/mol. The van der Waals surface area contributed by atoms with Crippen molar-refractivity contribution in [3.8, 4) is 5.75 Å². The highest BCUT2D eigenvalue weighted by atomic mass is 16.3. The molecule has 2 aliphatic rings. The van der Waals surface area contributed by atoms with E-state index in [4.69, 9.17) is 0 Å². The molecule has 0 unspecified atom stereocenters. The van der Waals surface area contributed by atoms with Crippen LogP contribution >= 0.6 is 0 Å². The molecule has 5 nitrogen and oxygen atoms in total. The third kappa shape index (κ3) is 5.01. The number of hydrogen-bond acceptors (Lipinski definition) is 3. The molecule has 2 aliphatic heterocycles. The fourth-order valence-corrected chi connectivity index (χ4v) is 3.88. The Bertz CT molecular complexity index is 623. The molecule has 142 valence electrons. The standard InChI is InChI=1S/C21H31N3O2/c1-2-3-7-19-8-5-12-24(19)21(26)22-18-10-13-23(14-11-18)16-17-6-4-9-20(25)15-17/h4-6,8-9,15,18-19,25H,2-3,7,10-14,16H2,1H3,(H,22,26)/t19-/m1/s1. The molecule has 26 heavy (non-hydrogen) atoms. The van der Waals surface area contributed by atoms with E-state index in [0.717, 1.165) is 63.8 Å². The Morgan fingerprint density at radius 2 is 2.12 bits per heavy atom. The zero-order chi connectivity index (χ0) is 18.4. The van der Waals surface area contributed by atoms with Gasteiger partial charge in [0.1, 0.15) is 5.75 Å². The third-order valence-corrected chi connectivity index (χ3v) is 5.41. The number of carbonyl (C=O) groups excluding carboxylic acids is 1. The Kier molecular flexibility index (Phi) is 6.56. The Morgan fingerprint density at radius 3 is 2.85 bits per heavy atom. The number of piperidine rings is 1. The van der Waals surface area contributed by atoms with Crippen molar-refractivity contribution in [1.29, 1.82) is 0 Å². The molecule has 0 radical (unpaired) electrons. The minimum absolute atomic E-state index is 0.0857. The quantitative estimate of drug-likeness (QED) is 0.766. The maximum Gasteiger partial charge on any atom is 0.318 e. The van der Waals surface area contributed by atoms with Crippen molar-refractivity contribution in [3.63, 3.8) is 0 Å². The lowest BCUT2D eigenvalue weighted by molar-refractivity contribution is 0.166. The van der Waals surface area contributed by atoms with Crippen LogP contribution in [0.2, 0.25) is 0 Å². The highest BCUT2D eigenvalue weighted by Gasteiger charge is 2.27. The van der Waals surface area contributed by atoms with E-state index in [-0.39, 0.29) is 18.1 Å². The number of likely N-dealkylation sites (tertiary alicyclic amines) is 1. The van der Waals surface area contributed by atoms with Gasteiger partial charge in [0.15, 0.2) is 0 Å². The van der Waals surface area contributed by atoms with Crippen LogP contribution in [-0.2, 0) is 6.54 Å². The number of carbonyl (C=O) groups is 1. The first-order valence-electron chi connectivity index (χ1n) is 9.89. The molecule has 2 heterocycles. The lowest BCUT2D eigenvalue weighted by Crippen LogP contribution is -2.50. The summed E-state index contributed by atoms with van der Waals surface area (Å²) in [6.45, 7) is 5.71. The first-order chi connectivity index (χ1) is 12.7. The van der Waals surface area contributed by atoms with Crippen molar-refractivity contribution in [2.24, 2.45) is 0 Å². The normalized spacial score (nSPS) is 21.3. The van der Waals surface area contributed by atoms with Crippen LogP contribution in [0.15, 0.2) is 36.4 Å². The van der Waals surface area contributed by atoms with Gasteiger partial charge in [0.25, 0.3) is 0 Å². The summed E-state index contributed by atoms with van der Waals surface area (Å²) in [6, 6.07) is 8.07. The van der Waals surface area contributed by atoms with E-state index in [0.29, 0.717) is 5.75 Å². The van der Waals surface area contributed by atoms with Gasteiger partial charge < -0.3 is 15.3 Å². The zero-order valence-corrected chi connectivity index (χ0v) is 15.7. The summed E-state index contributed by atoms with van der Waals surface area (Å²) in [5, 5.41) is 12.8. The SMILES string of the molecule is CCCC[C@@H]1C=CCN1C(=O)NC1CCN(Cc2cccc(O)c2)CC1. The molecule has 1 aromatic rings. The van der Waals surface area contributed by atoms with Crippen LogP contribution in [-0.4, -0.2) is 52.7 Å². The largest absolute Gasteiger partial charge is 0.508 e. The Labute approximate surface area is 156 Å². The number of phenolic OH excluding ortho intramolecular Hbond substituents is 1. The second kappa shape index (κ2) is 9.08. The first kappa shape index (κ1) is 18.8. The predicted octanol–water partition coefficient (Wildman–Crippen LogP) is 3.50. The fourth-order valence-electron chi connectivity index (χ4n) is 3.88. The van der Waals surface area contributed by atoms with Gasteiger partial charge >= 0.3 is 6.03 Å². The maximum absolute atomic E-state index is 12.6. The molecule has 0 spiro atoms. The number of nitrogens with one attached hydrogen (secondary N) is 1. The molecule has 5 heteroatoms. The number of benzene rings is 1. The number of nitrogens with zero attached hydrogens (tertiary/aromatic N) is 2. The number of phenols is 1. The molecular weight excluding hydrogens is 326 g/mol. The lowest BCUT2D eigenvalue weighted by atomic mass is 10.0. The molecule has 1 aromatic carbocycles. The van der Waals surface area contributed by atoms with Gasteiger partial charge in [0.2, 0.25) is 0 Å². The molecule has 0 aromatic heterocycles. The highest BCUT2D eigenvalue weighted by Crippen LogP contribution is 2.19. The highest BCUT2D eigenvalue weighted by molar-refractivity contribution is 5.76. The van der Waals surface area contributed by atoms with Crippen molar-refractivity contribution in [1.82, 2.24) is 15.1 Å². The van der Waals surface area contributed by atoms with E-state index in [1.54, 1.807) is 6.07 Å². The first-order valence-corrected chi connectivity index (χ1v) is 9.89. The van der Waals surface area contributed by atoms with Crippen molar-refractivity contribution in [2.75, 3.05) is 19.6 Å². The van der Waals surface area contributed by atoms with Gasteiger partial charge in [-0.1, -0.05) is 44.1 Å². The van der Waals surface area contributed by atoms with Gasteiger partial charge in [-0.25, -0.2) is 4.79 Å². The van der Waals surface area contributed by atoms with Gasteiger partial charge in [0.05, 0.1) is 6.04 Å². The third-order valence-electron chi connectivity index (χ3n) is 5.41. The average Bonchev–Trinajstić information content (AvgIpc) is 3.10. The summed E-state index contributed by atoms with van der Waals surface area (Å²) in [7, 11) is 0. The van der Waals surface area contributed by atoms with Gasteiger partial charge in [-0.15, -0.1) is 0 Å². The van der Waals surface area contributed by atoms with Gasteiger partial charge in [-0.2, -0.15) is 0 Å². The summed E-state index contributed by atoms with van der Waals surface area (Å²) < 4.78 is 0. The molecule has 1 saturated heterocycles. The van der Waals surface area contributed by atoms with Crippen molar-refractivity contribution in [2.45, 2.75) is 57.7 Å². The summed E-state index contributed by atoms with van der Waals surface area (Å²) in [6.07, 6.45) is 9.62. The fraction of sp³-hybridized carbons (Fsp3) is 0.571. The Balaban J connectivity index is 1.43. The van der Waals surface area contributed by atoms with Gasteiger partial charge in [-0.3, -0.25) is 4.90 Å². The molecule has 2 amide bonds. The maximum atomic E-state index is 12.6. The minimum Gasteiger partial charge on any atom is -0.508 e. The van der Waals surface area contributed by atoms with E-state index in [9.17, 15) is 9.90 Å². The number of hydrogen-bond donors (Lipinski definition) is 2. The number of aromatic hydroxyl groups is 1. The van der Waals surface area contributed by atoms with Crippen LogP contribution in [0.1, 0.15) is 44.6 Å². The van der Waals surface area contributed by atoms with Crippen LogP contribution in [0.4, 0.5) is 4.79 Å². The van der Waals surface area contributed by atoms with E-state index < -0.39 is 0 Å². The lowest BCUT2D eigenvalue weighted by Gasteiger charge is -2.34. The van der Waals surface area contributed by atoms with E-state index in [2.05, 4.69) is 29.3 Å². The summed E-state index contributed by atoms with van der Waals surface area (Å²) >= 11 is 0. The van der Waals surface area contributed by atoms with E-state index in [1.807, 2.05) is 23.1 Å². The van der Waals surface area contributed by atoms with Crippen LogP contribution in [0.3, 0.4) is 0 Å². The van der Waals surface area contributed by atoms with E-state index in [1.165, 1.54) is 0 Å². The molecule has 0 aliphatic carbocycles. The van der Waals surface area contributed by atoms with Gasteiger partial charge in [0, 0.05) is 32.2 Å². The zero-order valence-electron chi connectivity index (χ0n) is 15.7.